The Bertz CT molecular complexity index is 1140. The van der Waals surface area contributed by atoms with Gasteiger partial charge >= 0.3 is 0 Å². The highest BCUT2D eigenvalue weighted by Gasteiger charge is 2.36. The number of nitrogens with zero attached hydrogens (tertiary/aromatic N) is 3. The Morgan fingerprint density at radius 3 is 2.90 bits per heavy atom. The van der Waals surface area contributed by atoms with E-state index in [2.05, 4.69) is 15.3 Å². The lowest BCUT2D eigenvalue weighted by molar-refractivity contribution is 0.0317. The molecule has 3 atom stereocenters. The molecule has 5 N–H and O–H groups in total. The number of fused-ring (bicyclic) bond motifs is 2. The number of hydrogen-bond acceptors (Lipinski definition) is 6. The van der Waals surface area contributed by atoms with Crippen molar-refractivity contribution in [1.29, 1.82) is 0 Å². The Morgan fingerprint density at radius 1 is 1.17 bits per heavy atom. The van der Waals surface area contributed by atoms with E-state index in [1.807, 2.05) is 22.8 Å². The number of nitrogen functional groups attached to an aromatic ring is 1. The summed E-state index contributed by atoms with van der Waals surface area (Å²) in [7, 11) is 0. The van der Waals surface area contributed by atoms with Crippen molar-refractivity contribution in [2.45, 2.75) is 44.1 Å². The quantitative estimate of drug-likeness (QED) is 0.488. The summed E-state index contributed by atoms with van der Waals surface area (Å²) in [5.41, 5.74) is 10.2. The Morgan fingerprint density at radius 2 is 2.03 bits per heavy atom. The number of aromatic nitrogens is 3. The highest BCUT2D eigenvalue weighted by atomic mass is 19.1. The van der Waals surface area contributed by atoms with Gasteiger partial charge in [-0.3, -0.25) is 0 Å². The third-order valence-electron chi connectivity index (χ3n) is 6.31. The molecular weight excluding hydrogens is 385 g/mol. The van der Waals surface area contributed by atoms with Gasteiger partial charge in [-0.2, -0.15) is 0 Å². The maximum atomic E-state index is 14.1. The molecule has 0 amide bonds. The van der Waals surface area contributed by atoms with Gasteiger partial charge in [0.2, 0.25) is 0 Å². The average Bonchev–Trinajstić information content (AvgIpc) is 3.30. The molecule has 0 fully saturated rings. The standard InChI is InChI=1S/C22H24FN5O2/c23-17-4-3-12(16-10-25-7-5-14(16)17)1-2-13-9-18(20(30)19(13)29)28-8-6-15-21(24)26-11-27-22(15)28/h3-4,6,8-9,11,18-20,25,29-30H,1-2,5,7,10H2,(H2,24,26,27)/t18?,19?,20-/m1/s1. The van der Waals surface area contributed by atoms with E-state index in [4.69, 9.17) is 5.73 Å². The van der Waals surface area contributed by atoms with Crippen molar-refractivity contribution < 1.29 is 14.6 Å². The van der Waals surface area contributed by atoms with Crippen LogP contribution >= 0.6 is 0 Å². The van der Waals surface area contributed by atoms with Crippen LogP contribution in [0.1, 0.15) is 29.2 Å². The molecule has 30 heavy (non-hydrogen) atoms. The zero-order chi connectivity index (χ0) is 20.8. The maximum absolute atomic E-state index is 14.1. The SMILES string of the molecule is Nc1ncnc2c1ccn2C1C=C(CCc2ccc(F)c3c2CNCC3)C(O)[C@@H]1O. The van der Waals surface area contributed by atoms with Crippen molar-refractivity contribution in [3.05, 3.63) is 64.9 Å². The molecule has 0 radical (unpaired) electrons. The molecular formula is C22H24FN5O2. The zero-order valence-electron chi connectivity index (χ0n) is 16.4. The molecule has 7 nitrogen and oxygen atoms in total. The van der Waals surface area contributed by atoms with Crippen LogP contribution in [0.3, 0.4) is 0 Å². The molecule has 0 saturated carbocycles. The van der Waals surface area contributed by atoms with Crippen LogP contribution in [0.4, 0.5) is 10.2 Å². The van der Waals surface area contributed by atoms with Gasteiger partial charge in [0, 0.05) is 12.7 Å². The molecule has 156 valence electrons. The Kier molecular flexibility index (Phi) is 4.77. The summed E-state index contributed by atoms with van der Waals surface area (Å²) in [6.45, 7) is 1.44. The normalized spacial score (nSPS) is 23.6. The van der Waals surface area contributed by atoms with Crippen LogP contribution in [-0.4, -0.2) is 43.5 Å². The van der Waals surface area contributed by atoms with Gasteiger partial charge in [0.15, 0.2) is 0 Å². The molecule has 2 aliphatic rings. The van der Waals surface area contributed by atoms with E-state index in [9.17, 15) is 14.6 Å². The number of hydrogen-bond donors (Lipinski definition) is 4. The van der Waals surface area contributed by atoms with Gasteiger partial charge in [-0.25, -0.2) is 14.4 Å². The van der Waals surface area contributed by atoms with Gasteiger partial charge < -0.3 is 25.8 Å². The third kappa shape index (κ3) is 3.08. The number of anilines is 1. The average molecular weight is 409 g/mol. The van der Waals surface area contributed by atoms with Crippen LogP contribution in [0.2, 0.25) is 0 Å². The van der Waals surface area contributed by atoms with E-state index in [1.165, 1.54) is 12.4 Å². The first-order valence-electron chi connectivity index (χ1n) is 10.2. The lowest BCUT2D eigenvalue weighted by Gasteiger charge is -2.22. The summed E-state index contributed by atoms with van der Waals surface area (Å²) in [5.74, 6) is 0.234. The van der Waals surface area contributed by atoms with Crippen molar-refractivity contribution in [3.8, 4) is 0 Å². The van der Waals surface area contributed by atoms with Crippen LogP contribution < -0.4 is 11.1 Å². The summed E-state index contributed by atoms with van der Waals surface area (Å²) < 4.78 is 16.0. The first kappa shape index (κ1) is 19.2. The summed E-state index contributed by atoms with van der Waals surface area (Å²) in [6.07, 6.45) is 5.11. The molecule has 2 unspecified atom stereocenters. The minimum absolute atomic E-state index is 0.147. The van der Waals surface area contributed by atoms with Crippen LogP contribution in [0.25, 0.3) is 11.0 Å². The summed E-state index contributed by atoms with van der Waals surface area (Å²) in [5, 5.41) is 25.4. The van der Waals surface area contributed by atoms with Gasteiger partial charge in [-0.15, -0.1) is 0 Å². The van der Waals surface area contributed by atoms with Gasteiger partial charge in [0.25, 0.3) is 0 Å². The predicted molar refractivity (Wildman–Crippen MR) is 111 cm³/mol. The fraction of sp³-hybridized carbons (Fsp3) is 0.364. The first-order chi connectivity index (χ1) is 14.5. The second-order valence-electron chi connectivity index (χ2n) is 7.98. The van der Waals surface area contributed by atoms with Gasteiger partial charge in [-0.05, 0) is 60.2 Å². The van der Waals surface area contributed by atoms with E-state index >= 15 is 0 Å². The fourth-order valence-electron chi connectivity index (χ4n) is 4.67. The molecule has 0 saturated heterocycles. The van der Waals surface area contributed by atoms with Gasteiger partial charge in [0.05, 0.1) is 11.4 Å². The monoisotopic (exact) mass is 409 g/mol. The first-order valence-corrected chi connectivity index (χ1v) is 10.2. The van der Waals surface area contributed by atoms with Crippen LogP contribution in [0.5, 0.6) is 0 Å². The van der Waals surface area contributed by atoms with Crippen LogP contribution in [0.15, 0.2) is 42.4 Å². The fourth-order valence-corrected chi connectivity index (χ4v) is 4.67. The second kappa shape index (κ2) is 7.46. The van der Waals surface area contributed by atoms with Gasteiger partial charge in [0.1, 0.15) is 35.8 Å². The summed E-state index contributed by atoms with van der Waals surface area (Å²) in [4.78, 5) is 8.28. The molecule has 8 heteroatoms. The number of halogens is 1. The predicted octanol–water partition coefficient (Wildman–Crippen LogP) is 1.63. The largest absolute Gasteiger partial charge is 0.388 e. The van der Waals surface area contributed by atoms with Crippen LogP contribution in [-0.2, 0) is 19.4 Å². The molecule has 1 aliphatic carbocycles. The molecule has 1 aromatic carbocycles. The van der Waals surface area contributed by atoms with Gasteiger partial charge in [-0.1, -0.05) is 12.1 Å². The Labute approximate surface area is 173 Å². The minimum atomic E-state index is -0.976. The number of benzene rings is 1. The molecule has 2 aromatic heterocycles. The topological polar surface area (TPSA) is 109 Å². The van der Waals surface area contributed by atoms with E-state index in [1.54, 1.807) is 6.20 Å². The lowest BCUT2D eigenvalue weighted by Crippen LogP contribution is -2.29. The van der Waals surface area contributed by atoms with E-state index in [0.29, 0.717) is 42.7 Å². The number of aryl methyl sites for hydroxylation is 1. The number of aliphatic hydroxyl groups excluding tert-OH is 2. The Balaban J connectivity index is 1.41. The van der Waals surface area contributed by atoms with Crippen molar-refractivity contribution in [2.24, 2.45) is 0 Å². The molecule has 1 aliphatic heterocycles. The van der Waals surface area contributed by atoms with Crippen molar-refractivity contribution >= 4 is 16.9 Å². The molecule has 5 rings (SSSR count). The lowest BCUT2D eigenvalue weighted by atomic mass is 9.91. The summed E-state index contributed by atoms with van der Waals surface area (Å²) in [6, 6.07) is 4.74. The summed E-state index contributed by atoms with van der Waals surface area (Å²) >= 11 is 0. The number of aliphatic hydroxyl groups is 2. The Hall–Kier alpha value is -2.81. The number of nitrogens with two attached hydrogens (primary N) is 1. The molecule has 3 heterocycles. The van der Waals surface area contributed by atoms with E-state index in [-0.39, 0.29) is 5.82 Å². The third-order valence-corrected chi connectivity index (χ3v) is 6.31. The van der Waals surface area contributed by atoms with E-state index in [0.717, 1.165) is 28.8 Å². The maximum Gasteiger partial charge on any atom is 0.146 e. The highest BCUT2D eigenvalue weighted by Crippen LogP contribution is 2.35. The van der Waals surface area contributed by atoms with Crippen molar-refractivity contribution in [2.75, 3.05) is 12.3 Å². The molecule has 3 aromatic rings. The van der Waals surface area contributed by atoms with Crippen molar-refractivity contribution in [1.82, 2.24) is 19.9 Å². The minimum Gasteiger partial charge on any atom is -0.388 e. The molecule has 0 spiro atoms. The smallest absolute Gasteiger partial charge is 0.146 e. The van der Waals surface area contributed by atoms with Crippen LogP contribution in [0, 0.1) is 5.82 Å². The number of rotatable bonds is 4. The zero-order valence-corrected chi connectivity index (χ0v) is 16.4. The highest BCUT2D eigenvalue weighted by molar-refractivity contribution is 5.86. The molecule has 0 bridgehead atoms. The second-order valence-corrected chi connectivity index (χ2v) is 7.98. The van der Waals surface area contributed by atoms with E-state index < -0.39 is 18.2 Å². The van der Waals surface area contributed by atoms with Crippen molar-refractivity contribution in [3.63, 3.8) is 0 Å². The number of nitrogens with one attached hydrogen (secondary N) is 1.